The summed E-state index contributed by atoms with van der Waals surface area (Å²) >= 11 is 0. The molecule has 2 aliphatic rings. The van der Waals surface area contributed by atoms with Crippen LogP contribution in [0.25, 0.3) is 10.9 Å². The summed E-state index contributed by atoms with van der Waals surface area (Å²) in [5, 5.41) is 12.2. The number of carbonyl (C=O) groups is 2. The lowest BCUT2D eigenvalue weighted by Crippen LogP contribution is -2.42. The minimum atomic E-state index is -1.00. The smallest absolute Gasteiger partial charge is 0.305 e. The van der Waals surface area contributed by atoms with Gasteiger partial charge in [0.05, 0.1) is 11.0 Å². The Hall–Kier alpha value is -3.75. The highest BCUT2D eigenvalue weighted by Crippen LogP contribution is 2.37. The van der Waals surface area contributed by atoms with E-state index in [1.807, 2.05) is 18.2 Å². The van der Waals surface area contributed by atoms with E-state index in [1.165, 1.54) is 16.5 Å². The topological polar surface area (TPSA) is 99.5 Å². The van der Waals surface area contributed by atoms with E-state index in [-0.39, 0.29) is 24.1 Å². The van der Waals surface area contributed by atoms with Gasteiger partial charge in [0, 0.05) is 41.3 Å². The third-order valence-corrected chi connectivity index (χ3v) is 6.15. The zero-order valence-corrected chi connectivity index (χ0v) is 16.5. The quantitative estimate of drug-likeness (QED) is 0.506. The van der Waals surface area contributed by atoms with Crippen molar-refractivity contribution in [3.8, 4) is 0 Å². The minimum absolute atomic E-state index is 0.00734. The number of nitro groups is 1. The highest BCUT2D eigenvalue weighted by molar-refractivity contribution is 5.97. The summed E-state index contributed by atoms with van der Waals surface area (Å²) in [5.41, 5.74) is 2.47. The van der Waals surface area contributed by atoms with E-state index in [0.29, 0.717) is 19.5 Å². The summed E-state index contributed by atoms with van der Waals surface area (Å²) in [7, 11) is 0. The number of amides is 2. The Morgan fingerprint density at radius 2 is 2.00 bits per heavy atom. The fourth-order valence-electron chi connectivity index (χ4n) is 4.67. The number of halogens is 1. The van der Waals surface area contributed by atoms with Crippen LogP contribution in [0.15, 0.2) is 42.5 Å². The van der Waals surface area contributed by atoms with Crippen LogP contribution in [0.3, 0.4) is 0 Å². The van der Waals surface area contributed by atoms with E-state index < -0.39 is 22.3 Å². The minimum Gasteiger partial charge on any atom is -0.356 e. The number of hydrogen-bond acceptors (Lipinski definition) is 4. The first-order valence-electron chi connectivity index (χ1n) is 10.1. The first kappa shape index (κ1) is 19.2. The van der Waals surface area contributed by atoms with Gasteiger partial charge in [0.25, 0.3) is 5.91 Å². The van der Waals surface area contributed by atoms with E-state index in [1.54, 1.807) is 4.90 Å². The largest absolute Gasteiger partial charge is 0.356 e. The van der Waals surface area contributed by atoms with E-state index in [0.717, 1.165) is 35.2 Å². The number of aromatic amines is 1. The second-order valence-corrected chi connectivity index (χ2v) is 7.85. The van der Waals surface area contributed by atoms with Crippen molar-refractivity contribution in [2.24, 2.45) is 0 Å². The molecule has 0 bridgehead atoms. The number of fused-ring (bicyclic) bond motifs is 5. The van der Waals surface area contributed by atoms with Crippen molar-refractivity contribution in [2.75, 3.05) is 19.6 Å². The highest BCUT2D eigenvalue weighted by atomic mass is 19.1. The number of rotatable bonds is 2. The molecular weight excluding hydrogens is 403 g/mol. The summed E-state index contributed by atoms with van der Waals surface area (Å²) in [6, 6.07) is 10.9. The lowest BCUT2D eigenvalue weighted by Gasteiger charge is -2.34. The molecule has 1 saturated heterocycles. The molecule has 9 heteroatoms. The first-order chi connectivity index (χ1) is 14.9. The van der Waals surface area contributed by atoms with Crippen LogP contribution < -0.4 is 0 Å². The maximum absolute atomic E-state index is 13.7. The van der Waals surface area contributed by atoms with Gasteiger partial charge in [-0.1, -0.05) is 18.2 Å². The molecule has 158 valence electrons. The van der Waals surface area contributed by atoms with Crippen LogP contribution in [0.4, 0.5) is 10.1 Å². The zero-order valence-electron chi connectivity index (χ0n) is 16.5. The first-order valence-corrected chi connectivity index (χ1v) is 10.1. The van der Waals surface area contributed by atoms with E-state index in [9.17, 15) is 24.1 Å². The monoisotopic (exact) mass is 422 g/mol. The molecule has 3 heterocycles. The summed E-state index contributed by atoms with van der Waals surface area (Å²) in [4.78, 5) is 42.8. The Kier molecular flexibility index (Phi) is 4.46. The summed E-state index contributed by atoms with van der Waals surface area (Å²) in [6.45, 7) is 0.768. The molecule has 0 saturated carbocycles. The molecule has 1 unspecified atom stereocenters. The number of nitro benzene ring substituents is 1. The summed E-state index contributed by atoms with van der Waals surface area (Å²) in [5.74, 6) is -1.69. The predicted molar refractivity (Wildman–Crippen MR) is 110 cm³/mol. The summed E-state index contributed by atoms with van der Waals surface area (Å²) < 4.78 is 13.7. The van der Waals surface area contributed by atoms with Crippen molar-refractivity contribution in [3.05, 3.63) is 75.2 Å². The van der Waals surface area contributed by atoms with Crippen LogP contribution in [-0.2, 0) is 11.2 Å². The maximum Gasteiger partial charge on any atom is 0.305 e. The van der Waals surface area contributed by atoms with Crippen LogP contribution in [0, 0.1) is 15.9 Å². The SMILES string of the molecule is O=C(c1ccc(F)c([N+](=O)[O-])c1)N1CCC2c3[nH]c4ccccc4c3CCN2C(=O)C1. The predicted octanol–water partition coefficient (Wildman–Crippen LogP) is 3.19. The van der Waals surface area contributed by atoms with Gasteiger partial charge < -0.3 is 14.8 Å². The summed E-state index contributed by atoms with van der Waals surface area (Å²) in [6.07, 6.45) is 1.28. The van der Waals surface area contributed by atoms with Gasteiger partial charge in [-0.05, 0) is 36.6 Å². The second-order valence-electron chi connectivity index (χ2n) is 7.85. The van der Waals surface area contributed by atoms with Crippen molar-refractivity contribution in [1.29, 1.82) is 0 Å². The molecule has 2 aliphatic heterocycles. The molecule has 8 nitrogen and oxygen atoms in total. The molecule has 0 spiro atoms. The molecule has 31 heavy (non-hydrogen) atoms. The average molecular weight is 422 g/mol. The molecule has 5 rings (SSSR count). The Morgan fingerprint density at radius 3 is 2.81 bits per heavy atom. The van der Waals surface area contributed by atoms with Gasteiger partial charge in [-0.2, -0.15) is 4.39 Å². The standard InChI is InChI=1S/C22H19FN4O4/c23-16-6-5-13(11-19(16)27(30)31)22(29)25-9-8-18-21-15(7-10-26(18)20(28)12-25)14-3-1-2-4-17(14)24-21/h1-6,11,18,24H,7-10,12H2. The Balaban J connectivity index is 1.44. The van der Waals surface area contributed by atoms with E-state index in [2.05, 4.69) is 11.1 Å². The number of para-hydroxylation sites is 1. The fraction of sp³-hybridized carbons (Fsp3) is 0.273. The van der Waals surface area contributed by atoms with E-state index in [4.69, 9.17) is 0 Å². The lowest BCUT2D eigenvalue weighted by atomic mass is 9.95. The van der Waals surface area contributed by atoms with Crippen LogP contribution in [0.1, 0.15) is 34.1 Å². The van der Waals surface area contributed by atoms with Gasteiger partial charge in [-0.3, -0.25) is 19.7 Å². The molecule has 1 fully saturated rings. The molecule has 3 aromatic rings. The van der Waals surface area contributed by atoms with Gasteiger partial charge in [-0.15, -0.1) is 0 Å². The molecule has 1 N–H and O–H groups in total. The van der Waals surface area contributed by atoms with Gasteiger partial charge in [0.15, 0.2) is 0 Å². The molecule has 1 aromatic heterocycles. The lowest BCUT2D eigenvalue weighted by molar-refractivity contribution is -0.387. The van der Waals surface area contributed by atoms with Crippen molar-refractivity contribution >= 4 is 28.4 Å². The Bertz CT molecular complexity index is 1240. The van der Waals surface area contributed by atoms with Gasteiger partial charge >= 0.3 is 5.69 Å². The normalized spacial score (nSPS) is 18.5. The fourth-order valence-corrected chi connectivity index (χ4v) is 4.67. The number of nitrogens with one attached hydrogen (secondary N) is 1. The number of aromatic nitrogens is 1. The van der Waals surface area contributed by atoms with Gasteiger partial charge in [0.1, 0.15) is 6.54 Å². The number of H-pyrrole nitrogens is 1. The van der Waals surface area contributed by atoms with Crippen LogP contribution in [-0.4, -0.2) is 51.2 Å². The van der Waals surface area contributed by atoms with E-state index >= 15 is 0 Å². The van der Waals surface area contributed by atoms with Gasteiger partial charge in [0.2, 0.25) is 11.7 Å². The van der Waals surface area contributed by atoms with Crippen molar-refractivity contribution < 1.29 is 18.9 Å². The number of carbonyl (C=O) groups excluding carboxylic acids is 2. The van der Waals surface area contributed by atoms with Crippen LogP contribution >= 0.6 is 0 Å². The van der Waals surface area contributed by atoms with Crippen LogP contribution in [0.5, 0.6) is 0 Å². The van der Waals surface area contributed by atoms with Crippen molar-refractivity contribution in [3.63, 3.8) is 0 Å². The second kappa shape index (κ2) is 7.19. The highest BCUT2D eigenvalue weighted by Gasteiger charge is 2.37. The Morgan fingerprint density at radius 1 is 1.19 bits per heavy atom. The number of hydrogen-bond donors (Lipinski definition) is 1. The molecule has 0 radical (unpaired) electrons. The van der Waals surface area contributed by atoms with Crippen LogP contribution in [0.2, 0.25) is 0 Å². The molecule has 2 amide bonds. The molecule has 1 atom stereocenters. The zero-order chi connectivity index (χ0) is 21.7. The van der Waals surface area contributed by atoms with Crippen molar-refractivity contribution in [2.45, 2.75) is 18.9 Å². The molecular formula is C22H19FN4O4. The van der Waals surface area contributed by atoms with Gasteiger partial charge in [-0.25, -0.2) is 0 Å². The third kappa shape index (κ3) is 3.13. The maximum atomic E-state index is 13.7. The number of benzene rings is 2. The molecule has 0 aliphatic carbocycles. The Labute approximate surface area is 176 Å². The number of nitrogens with zero attached hydrogens (tertiary/aromatic N) is 3. The third-order valence-electron chi connectivity index (χ3n) is 6.15. The average Bonchev–Trinajstić information content (AvgIpc) is 3.06. The van der Waals surface area contributed by atoms with Crippen molar-refractivity contribution in [1.82, 2.24) is 14.8 Å². The molecule has 2 aromatic carbocycles.